The Morgan fingerprint density at radius 1 is 1.24 bits per heavy atom. The summed E-state index contributed by atoms with van der Waals surface area (Å²) in [5.41, 5.74) is 6.51. The van der Waals surface area contributed by atoms with Crippen molar-refractivity contribution in [3.63, 3.8) is 0 Å². The number of hydrogen-bond acceptors (Lipinski definition) is 2. The summed E-state index contributed by atoms with van der Waals surface area (Å²) in [6, 6.07) is 0.704. The first-order valence-electron chi connectivity index (χ1n) is 7.52. The highest BCUT2D eigenvalue weighted by atomic mass is 15.3. The van der Waals surface area contributed by atoms with E-state index in [0.717, 1.165) is 24.3 Å². The van der Waals surface area contributed by atoms with Crippen LogP contribution in [0.2, 0.25) is 0 Å². The van der Waals surface area contributed by atoms with E-state index in [2.05, 4.69) is 32.6 Å². The molecule has 1 aliphatic heterocycles. The van der Waals surface area contributed by atoms with Crippen LogP contribution in [-0.4, -0.2) is 29.6 Å². The Morgan fingerprint density at radius 2 is 1.88 bits per heavy atom. The second-order valence-corrected chi connectivity index (χ2v) is 6.65. The average molecular weight is 238 g/mol. The molecule has 0 aromatic heterocycles. The van der Waals surface area contributed by atoms with Crippen LogP contribution in [0.15, 0.2) is 0 Å². The van der Waals surface area contributed by atoms with E-state index in [9.17, 15) is 0 Å². The molecule has 1 saturated heterocycles. The number of rotatable bonds is 4. The molecular weight excluding hydrogens is 208 g/mol. The summed E-state index contributed by atoms with van der Waals surface area (Å²) in [5, 5.41) is 0. The lowest BCUT2D eigenvalue weighted by Crippen LogP contribution is -2.62. The van der Waals surface area contributed by atoms with Crippen molar-refractivity contribution in [3.8, 4) is 0 Å². The Morgan fingerprint density at radius 3 is 2.35 bits per heavy atom. The Hall–Kier alpha value is -0.0800. The molecule has 1 saturated carbocycles. The van der Waals surface area contributed by atoms with Gasteiger partial charge in [-0.1, -0.05) is 20.8 Å². The third-order valence-electron chi connectivity index (χ3n) is 5.47. The minimum absolute atomic E-state index is 0.308. The highest BCUT2D eigenvalue weighted by Crippen LogP contribution is 2.47. The van der Waals surface area contributed by atoms with Crippen LogP contribution in [0.25, 0.3) is 0 Å². The second kappa shape index (κ2) is 4.89. The molecule has 0 bridgehead atoms. The van der Waals surface area contributed by atoms with Gasteiger partial charge in [0, 0.05) is 24.7 Å². The molecule has 0 aromatic rings. The molecule has 0 amide bonds. The van der Waals surface area contributed by atoms with Gasteiger partial charge in [-0.25, -0.2) is 0 Å². The molecule has 17 heavy (non-hydrogen) atoms. The lowest BCUT2D eigenvalue weighted by molar-refractivity contribution is -0.0304. The number of nitrogens with two attached hydrogens (primary N) is 1. The smallest absolute Gasteiger partial charge is 0.0360 e. The maximum atomic E-state index is 6.20. The molecule has 2 rings (SSSR count). The van der Waals surface area contributed by atoms with Gasteiger partial charge >= 0.3 is 0 Å². The quantitative estimate of drug-likeness (QED) is 0.816. The Balaban J connectivity index is 2.21. The van der Waals surface area contributed by atoms with E-state index >= 15 is 0 Å². The number of piperidine rings is 1. The van der Waals surface area contributed by atoms with Crippen LogP contribution in [0.4, 0.5) is 0 Å². The fourth-order valence-corrected chi connectivity index (χ4v) is 4.08. The van der Waals surface area contributed by atoms with E-state index in [0.29, 0.717) is 11.6 Å². The maximum absolute atomic E-state index is 6.20. The van der Waals surface area contributed by atoms with Crippen molar-refractivity contribution in [1.82, 2.24) is 4.90 Å². The Labute approximate surface area is 107 Å². The van der Waals surface area contributed by atoms with E-state index in [1.807, 2.05) is 0 Å². The zero-order chi connectivity index (χ0) is 12.6. The van der Waals surface area contributed by atoms with Crippen LogP contribution in [0.3, 0.4) is 0 Å². The van der Waals surface area contributed by atoms with E-state index in [1.54, 1.807) is 0 Å². The molecule has 4 unspecified atom stereocenters. The van der Waals surface area contributed by atoms with Gasteiger partial charge in [0.25, 0.3) is 0 Å². The SMILES string of the molecule is CCC(CN)(C1CC1)N1CC(C)CC(C)C1C. The molecule has 2 aliphatic rings. The first kappa shape index (κ1) is 13.4. The fourth-order valence-electron chi connectivity index (χ4n) is 4.08. The van der Waals surface area contributed by atoms with Gasteiger partial charge in [0.05, 0.1) is 0 Å². The van der Waals surface area contributed by atoms with Crippen molar-refractivity contribution in [2.45, 2.75) is 65.0 Å². The summed E-state index contributed by atoms with van der Waals surface area (Å²) in [6.45, 7) is 11.7. The van der Waals surface area contributed by atoms with E-state index < -0.39 is 0 Å². The topological polar surface area (TPSA) is 29.3 Å². The van der Waals surface area contributed by atoms with Crippen molar-refractivity contribution in [2.24, 2.45) is 23.5 Å². The summed E-state index contributed by atoms with van der Waals surface area (Å²) in [7, 11) is 0. The molecule has 1 aliphatic carbocycles. The third-order valence-corrected chi connectivity index (χ3v) is 5.47. The average Bonchev–Trinajstić information content (AvgIpc) is 3.12. The predicted molar refractivity (Wildman–Crippen MR) is 73.9 cm³/mol. The monoisotopic (exact) mass is 238 g/mol. The second-order valence-electron chi connectivity index (χ2n) is 6.65. The lowest BCUT2D eigenvalue weighted by Gasteiger charge is -2.52. The van der Waals surface area contributed by atoms with Gasteiger partial charge in [-0.05, 0) is 50.4 Å². The zero-order valence-electron chi connectivity index (χ0n) is 12.1. The van der Waals surface area contributed by atoms with Gasteiger partial charge in [0.1, 0.15) is 0 Å². The molecule has 0 radical (unpaired) electrons. The number of hydrogen-bond donors (Lipinski definition) is 1. The van der Waals surface area contributed by atoms with Crippen molar-refractivity contribution < 1.29 is 0 Å². The van der Waals surface area contributed by atoms with Crippen molar-refractivity contribution in [1.29, 1.82) is 0 Å². The normalized spacial score (nSPS) is 39.0. The largest absolute Gasteiger partial charge is 0.329 e. The molecule has 2 nitrogen and oxygen atoms in total. The van der Waals surface area contributed by atoms with Gasteiger partial charge in [-0.15, -0.1) is 0 Å². The van der Waals surface area contributed by atoms with Crippen LogP contribution < -0.4 is 5.73 Å². The fraction of sp³-hybridized carbons (Fsp3) is 1.00. The van der Waals surface area contributed by atoms with Crippen molar-refractivity contribution in [2.75, 3.05) is 13.1 Å². The maximum Gasteiger partial charge on any atom is 0.0360 e. The summed E-state index contributed by atoms with van der Waals surface area (Å²) in [5.74, 6) is 2.52. The first-order chi connectivity index (χ1) is 8.05. The van der Waals surface area contributed by atoms with Crippen molar-refractivity contribution >= 4 is 0 Å². The number of nitrogens with zero attached hydrogens (tertiary/aromatic N) is 1. The van der Waals surface area contributed by atoms with E-state index in [1.165, 1.54) is 32.2 Å². The first-order valence-corrected chi connectivity index (χ1v) is 7.52. The van der Waals surface area contributed by atoms with Crippen LogP contribution >= 0.6 is 0 Å². The Bertz CT molecular complexity index is 256. The third kappa shape index (κ3) is 2.26. The molecule has 2 N–H and O–H groups in total. The van der Waals surface area contributed by atoms with Crippen LogP contribution in [0.1, 0.15) is 53.4 Å². The molecular formula is C15H30N2. The van der Waals surface area contributed by atoms with Gasteiger partial charge in [0.15, 0.2) is 0 Å². The molecule has 100 valence electrons. The summed E-state index contributed by atoms with van der Waals surface area (Å²) in [4.78, 5) is 2.78. The molecule has 2 fully saturated rings. The van der Waals surface area contributed by atoms with E-state index in [4.69, 9.17) is 5.73 Å². The summed E-state index contributed by atoms with van der Waals surface area (Å²) >= 11 is 0. The molecule has 2 heteroatoms. The Kier molecular flexibility index (Phi) is 3.84. The molecule has 0 spiro atoms. The minimum Gasteiger partial charge on any atom is -0.329 e. The minimum atomic E-state index is 0.308. The van der Waals surface area contributed by atoms with Crippen LogP contribution in [0, 0.1) is 17.8 Å². The standard InChI is InChI=1S/C15H30N2/c1-5-15(10-16,14-6-7-14)17-9-11(2)8-12(3)13(17)4/h11-14H,5-10,16H2,1-4H3. The van der Waals surface area contributed by atoms with Gasteiger partial charge in [0.2, 0.25) is 0 Å². The van der Waals surface area contributed by atoms with Crippen molar-refractivity contribution in [3.05, 3.63) is 0 Å². The van der Waals surface area contributed by atoms with Crippen LogP contribution in [0.5, 0.6) is 0 Å². The highest BCUT2D eigenvalue weighted by molar-refractivity contribution is 5.05. The van der Waals surface area contributed by atoms with E-state index in [-0.39, 0.29) is 0 Å². The molecule has 1 heterocycles. The lowest BCUT2D eigenvalue weighted by atomic mass is 9.78. The highest BCUT2D eigenvalue weighted by Gasteiger charge is 2.50. The van der Waals surface area contributed by atoms with Gasteiger partial charge in [-0.3, -0.25) is 4.90 Å². The predicted octanol–water partition coefficient (Wildman–Crippen LogP) is 2.87. The molecule has 4 atom stereocenters. The molecule has 0 aromatic carbocycles. The number of likely N-dealkylation sites (tertiary alicyclic amines) is 1. The van der Waals surface area contributed by atoms with Gasteiger partial charge in [-0.2, -0.15) is 0 Å². The van der Waals surface area contributed by atoms with Gasteiger partial charge < -0.3 is 5.73 Å². The zero-order valence-corrected chi connectivity index (χ0v) is 12.1. The summed E-state index contributed by atoms with van der Waals surface area (Å²) in [6.07, 6.45) is 5.40. The van der Waals surface area contributed by atoms with Crippen LogP contribution in [-0.2, 0) is 0 Å². The summed E-state index contributed by atoms with van der Waals surface area (Å²) < 4.78 is 0.